The number of hydrogen-bond donors (Lipinski definition) is 1. The fourth-order valence-corrected chi connectivity index (χ4v) is 4.42. The van der Waals surface area contributed by atoms with E-state index in [2.05, 4.69) is 5.32 Å². The molecular weight excluding hydrogens is 411 g/mol. The number of hydrogen-bond acceptors (Lipinski definition) is 4. The number of benzene rings is 2. The first-order valence-electron chi connectivity index (χ1n) is 8.47. The van der Waals surface area contributed by atoms with Gasteiger partial charge in [-0.2, -0.15) is 13.2 Å². The van der Waals surface area contributed by atoms with Gasteiger partial charge in [0.15, 0.2) is 9.84 Å². The molecule has 0 atom stereocenters. The molecule has 0 bridgehead atoms. The predicted molar refractivity (Wildman–Crippen MR) is 105 cm³/mol. The van der Waals surface area contributed by atoms with Gasteiger partial charge in [0.2, 0.25) is 5.91 Å². The molecule has 2 aromatic rings. The van der Waals surface area contributed by atoms with E-state index >= 15 is 0 Å². The SMILES string of the molecule is O=C(CS(=O)(=O)CCCc1ccccc1)Nc1ccccc1SCC(F)(F)F. The standard InChI is InChI=1S/C19H20F3NO3S2/c20-19(21,22)14-27-17-11-5-4-10-16(17)23-18(24)13-28(25,26)12-6-9-15-7-2-1-3-8-15/h1-5,7-8,10-11H,6,9,12-14H2,(H,23,24). The number of sulfone groups is 1. The Labute approximate surface area is 166 Å². The Balaban J connectivity index is 1.88. The summed E-state index contributed by atoms with van der Waals surface area (Å²) in [5, 5.41) is 2.40. The quantitative estimate of drug-likeness (QED) is 0.601. The number of anilines is 1. The summed E-state index contributed by atoms with van der Waals surface area (Å²) >= 11 is 0.536. The summed E-state index contributed by atoms with van der Waals surface area (Å²) in [6.07, 6.45) is -3.37. The lowest BCUT2D eigenvalue weighted by Gasteiger charge is -2.12. The topological polar surface area (TPSA) is 63.2 Å². The van der Waals surface area contributed by atoms with Gasteiger partial charge in [0.05, 0.1) is 17.2 Å². The Morgan fingerprint density at radius 1 is 1.00 bits per heavy atom. The van der Waals surface area contributed by atoms with Crippen molar-refractivity contribution in [3.05, 3.63) is 60.2 Å². The highest BCUT2D eigenvalue weighted by Crippen LogP contribution is 2.32. The lowest BCUT2D eigenvalue weighted by atomic mass is 10.1. The molecule has 0 unspecified atom stereocenters. The van der Waals surface area contributed by atoms with Gasteiger partial charge in [-0.05, 0) is 30.5 Å². The number of carbonyl (C=O) groups excluding carboxylic acids is 1. The molecule has 0 spiro atoms. The van der Waals surface area contributed by atoms with Gasteiger partial charge in [-0.1, -0.05) is 42.5 Å². The van der Waals surface area contributed by atoms with E-state index in [1.807, 2.05) is 30.3 Å². The Morgan fingerprint density at radius 3 is 2.32 bits per heavy atom. The highest BCUT2D eigenvalue weighted by atomic mass is 32.2. The zero-order chi connectivity index (χ0) is 20.6. The van der Waals surface area contributed by atoms with Crippen molar-refractivity contribution in [2.24, 2.45) is 0 Å². The average molecular weight is 432 g/mol. The molecular formula is C19H20F3NO3S2. The third-order valence-corrected chi connectivity index (χ3v) is 6.42. The van der Waals surface area contributed by atoms with Crippen LogP contribution in [0.5, 0.6) is 0 Å². The van der Waals surface area contributed by atoms with Crippen molar-refractivity contribution in [2.75, 3.05) is 22.6 Å². The maximum absolute atomic E-state index is 12.4. The van der Waals surface area contributed by atoms with Crippen LogP contribution >= 0.6 is 11.8 Å². The van der Waals surface area contributed by atoms with E-state index in [9.17, 15) is 26.4 Å². The number of amides is 1. The highest BCUT2D eigenvalue weighted by molar-refractivity contribution is 7.99. The van der Waals surface area contributed by atoms with E-state index in [4.69, 9.17) is 0 Å². The van der Waals surface area contributed by atoms with Gasteiger partial charge < -0.3 is 5.32 Å². The van der Waals surface area contributed by atoms with E-state index in [0.717, 1.165) is 5.56 Å². The molecule has 0 aliphatic heterocycles. The lowest BCUT2D eigenvalue weighted by Crippen LogP contribution is -2.25. The van der Waals surface area contributed by atoms with Gasteiger partial charge in [0.1, 0.15) is 5.75 Å². The number of nitrogens with one attached hydrogen (secondary N) is 1. The van der Waals surface area contributed by atoms with Crippen LogP contribution in [-0.2, 0) is 21.1 Å². The average Bonchev–Trinajstić information content (AvgIpc) is 2.60. The first-order chi connectivity index (χ1) is 13.1. The first kappa shape index (κ1) is 22.3. The van der Waals surface area contributed by atoms with Gasteiger partial charge in [-0.15, -0.1) is 11.8 Å². The molecule has 0 fully saturated rings. The molecule has 0 saturated heterocycles. The molecule has 4 nitrogen and oxygen atoms in total. The van der Waals surface area contributed by atoms with Gasteiger partial charge in [-0.3, -0.25) is 4.79 Å². The number of rotatable bonds is 9. The zero-order valence-corrected chi connectivity index (χ0v) is 16.5. The second kappa shape index (κ2) is 9.97. The molecule has 2 aromatic carbocycles. The molecule has 0 aliphatic rings. The Bertz CT molecular complexity index is 885. The number of halogens is 3. The second-order valence-electron chi connectivity index (χ2n) is 6.13. The van der Waals surface area contributed by atoms with Crippen LogP contribution in [0, 0.1) is 0 Å². The molecule has 0 saturated carbocycles. The predicted octanol–water partition coefficient (Wildman–Crippen LogP) is 4.33. The maximum Gasteiger partial charge on any atom is 0.398 e. The number of carbonyl (C=O) groups is 1. The lowest BCUT2D eigenvalue weighted by molar-refractivity contribution is -0.114. The third kappa shape index (κ3) is 8.35. The summed E-state index contributed by atoms with van der Waals surface area (Å²) in [4.78, 5) is 12.3. The molecule has 28 heavy (non-hydrogen) atoms. The first-order valence-corrected chi connectivity index (χ1v) is 11.3. The smallest absolute Gasteiger partial charge is 0.324 e. The van der Waals surface area contributed by atoms with Crippen LogP contribution in [0.1, 0.15) is 12.0 Å². The van der Waals surface area contributed by atoms with Crippen LogP contribution in [-0.4, -0.2) is 37.8 Å². The van der Waals surface area contributed by atoms with Crippen LogP contribution in [0.25, 0.3) is 0 Å². The molecule has 9 heteroatoms. The van der Waals surface area contributed by atoms with E-state index in [1.165, 1.54) is 12.1 Å². The highest BCUT2D eigenvalue weighted by Gasteiger charge is 2.28. The van der Waals surface area contributed by atoms with Crippen molar-refractivity contribution in [3.63, 3.8) is 0 Å². The van der Waals surface area contributed by atoms with Crippen molar-refractivity contribution in [2.45, 2.75) is 23.9 Å². The number of para-hydroxylation sites is 1. The fraction of sp³-hybridized carbons (Fsp3) is 0.316. The van der Waals surface area contributed by atoms with E-state index < -0.39 is 33.4 Å². The van der Waals surface area contributed by atoms with E-state index in [1.54, 1.807) is 12.1 Å². The van der Waals surface area contributed by atoms with Crippen molar-refractivity contribution in [1.29, 1.82) is 0 Å². The van der Waals surface area contributed by atoms with Gasteiger partial charge in [-0.25, -0.2) is 8.42 Å². The summed E-state index contributed by atoms with van der Waals surface area (Å²) in [5.41, 5.74) is 1.18. The van der Waals surface area contributed by atoms with Crippen LogP contribution in [0.4, 0.5) is 18.9 Å². The molecule has 2 rings (SSSR count). The van der Waals surface area contributed by atoms with Crippen molar-refractivity contribution in [3.8, 4) is 0 Å². The van der Waals surface area contributed by atoms with Crippen molar-refractivity contribution < 1.29 is 26.4 Å². The molecule has 1 amide bonds. The summed E-state index contributed by atoms with van der Waals surface area (Å²) in [5.74, 6) is -2.71. The van der Waals surface area contributed by atoms with Crippen LogP contribution in [0.3, 0.4) is 0 Å². The summed E-state index contributed by atoms with van der Waals surface area (Å²) in [7, 11) is -3.62. The molecule has 1 N–H and O–H groups in total. The fourth-order valence-electron chi connectivity index (χ4n) is 2.45. The molecule has 0 aliphatic carbocycles. The number of aryl methyl sites for hydroxylation is 1. The Morgan fingerprint density at radius 2 is 1.64 bits per heavy atom. The van der Waals surface area contributed by atoms with Crippen molar-refractivity contribution >= 4 is 33.2 Å². The minimum atomic E-state index is -4.34. The van der Waals surface area contributed by atoms with Gasteiger partial charge in [0, 0.05) is 4.90 Å². The number of thioether (sulfide) groups is 1. The zero-order valence-electron chi connectivity index (χ0n) is 14.9. The van der Waals surface area contributed by atoms with Crippen LogP contribution in [0.2, 0.25) is 0 Å². The van der Waals surface area contributed by atoms with E-state index in [-0.39, 0.29) is 16.3 Å². The van der Waals surface area contributed by atoms with Crippen LogP contribution in [0.15, 0.2) is 59.5 Å². The Kier molecular flexibility index (Phi) is 7.94. The Hall–Kier alpha value is -2.00. The number of alkyl halides is 3. The summed E-state index contributed by atoms with van der Waals surface area (Å²) in [6, 6.07) is 15.4. The molecule has 0 heterocycles. The molecule has 152 valence electrons. The van der Waals surface area contributed by atoms with Gasteiger partial charge >= 0.3 is 6.18 Å². The minimum absolute atomic E-state index is 0.139. The third-order valence-electron chi connectivity index (χ3n) is 3.67. The summed E-state index contributed by atoms with van der Waals surface area (Å²) < 4.78 is 61.5. The monoisotopic (exact) mass is 431 g/mol. The molecule has 0 radical (unpaired) electrons. The second-order valence-corrected chi connectivity index (χ2v) is 9.33. The largest absolute Gasteiger partial charge is 0.398 e. The van der Waals surface area contributed by atoms with Gasteiger partial charge in [0.25, 0.3) is 0 Å². The maximum atomic E-state index is 12.4. The molecule has 0 aromatic heterocycles. The van der Waals surface area contributed by atoms with E-state index in [0.29, 0.717) is 24.6 Å². The van der Waals surface area contributed by atoms with Crippen LogP contribution < -0.4 is 5.32 Å². The minimum Gasteiger partial charge on any atom is -0.324 e. The summed E-state index contributed by atoms with van der Waals surface area (Å²) in [6.45, 7) is 0. The normalized spacial score (nSPS) is 12.0. The van der Waals surface area contributed by atoms with Crippen molar-refractivity contribution in [1.82, 2.24) is 0 Å².